The van der Waals surface area contributed by atoms with Gasteiger partial charge in [-0.15, -0.1) is 11.3 Å². The van der Waals surface area contributed by atoms with Crippen LogP contribution >= 0.6 is 11.3 Å². The van der Waals surface area contributed by atoms with Crippen LogP contribution in [0.3, 0.4) is 0 Å². The molecular formula is C35H32F2N6O3S. The van der Waals surface area contributed by atoms with Gasteiger partial charge in [-0.05, 0) is 49.6 Å². The van der Waals surface area contributed by atoms with Gasteiger partial charge in [0.2, 0.25) is 5.91 Å². The van der Waals surface area contributed by atoms with Gasteiger partial charge in [-0.25, -0.2) is 18.7 Å². The summed E-state index contributed by atoms with van der Waals surface area (Å²) in [5, 5.41) is 7.73. The van der Waals surface area contributed by atoms with Gasteiger partial charge in [-0.1, -0.05) is 12.6 Å². The van der Waals surface area contributed by atoms with Crippen molar-refractivity contribution in [2.24, 2.45) is 7.05 Å². The van der Waals surface area contributed by atoms with Crippen LogP contribution in [0.5, 0.6) is 5.75 Å². The van der Waals surface area contributed by atoms with Crippen LogP contribution < -0.4 is 4.74 Å². The van der Waals surface area contributed by atoms with E-state index in [4.69, 9.17) is 19.6 Å². The second kappa shape index (κ2) is 12.0. The first kappa shape index (κ1) is 30.7. The van der Waals surface area contributed by atoms with E-state index in [1.807, 2.05) is 65.9 Å². The van der Waals surface area contributed by atoms with Gasteiger partial charge >= 0.3 is 0 Å². The molecule has 1 aliphatic rings. The molecule has 0 saturated heterocycles. The number of fused-ring (bicyclic) bond motifs is 3. The lowest BCUT2D eigenvalue weighted by Crippen LogP contribution is -2.46. The molecule has 0 fully saturated rings. The highest BCUT2D eigenvalue weighted by atomic mass is 32.1. The number of halogens is 2. The van der Waals surface area contributed by atoms with Crippen LogP contribution in [0, 0.1) is 11.6 Å². The third-order valence-corrected chi connectivity index (χ3v) is 9.77. The Morgan fingerprint density at radius 3 is 2.70 bits per heavy atom. The molecule has 0 bridgehead atoms. The van der Waals surface area contributed by atoms with Gasteiger partial charge in [-0.3, -0.25) is 9.48 Å². The van der Waals surface area contributed by atoms with Crippen LogP contribution in [0.15, 0.2) is 66.8 Å². The Morgan fingerprint density at radius 2 is 1.91 bits per heavy atom. The number of aryl methyl sites for hydroxylation is 1. The summed E-state index contributed by atoms with van der Waals surface area (Å²) >= 11 is 1.43. The fourth-order valence-corrected chi connectivity index (χ4v) is 7.23. The fraction of sp³-hybridized carbons (Fsp3) is 0.257. The lowest BCUT2D eigenvalue weighted by Gasteiger charge is -2.37. The maximum Gasteiger partial charge on any atom is 0.246 e. The summed E-state index contributed by atoms with van der Waals surface area (Å²) in [5.74, 6) is -1.68. The number of aromatic nitrogens is 5. The van der Waals surface area contributed by atoms with E-state index in [1.165, 1.54) is 30.6 Å². The quantitative estimate of drug-likeness (QED) is 0.128. The molecule has 0 saturated carbocycles. The summed E-state index contributed by atoms with van der Waals surface area (Å²) in [6.45, 7) is 8.28. The van der Waals surface area contributed by atoms with Crippen LogP contribution in [0.2, 0.25) is 0 Å². The van der Waals surface area contributed by atoms with Crippen LogP contribution in [0.1, 0.15) is 25.6 Å². The molecule has 0 spiro atoms. The lowest BCUT2D eigenvalue weighted by molar-refractivity contribution is -0.130. The molecule has 1 aliphatic heterocycles. The van der Waals surface area contributed by atoms with Gasteiger partial charge < -0.3 is 18.9 Å². The third-order valence-electron chi connectivity index (χ3n) is 8.84. The van der Waals surface area contributed by atoms with Crippen molar-refractivity contribution in [3.63, 3.8) is 0 Å². The fourth-order valence-electron chi connectivity index (χ4n) is 6.29. The van der Waals surface area contributed by atoms with Gasteiger partial charge in [0.25, 0.3) is 0 Å². The molecule has 0 aliphatic carbocycles. The maximum atomic E-state index is 16.1. The first-order chi connectivity index (χ1) is 22.7. The van der Waals surface area contributed by atoms with Crippen LogP contribution in [0.4, 0.5) is 8.78 Å². The largest absolute Gasteiger partial charge is 0.490 e. The van der Waals surface area contributed by atoms with Crippen molar-refractivity contribution in [2.45, 2.75) is 32.5 Å². The number of thiophene rings is 1. The second-order valence-electron chi connectivity index (χ2n) is 11.6. The third kappa shape index (κ3) is 5.17. The van der Waals surface area contributed by atoms with E-state index < -0.39 is 11.6 Å². The van der Waals surface area contributed by atoms with E-state index in [2.05, 4.69) is 11.6 Å². The van der Waals surface area contributed by atoms with Gasteiger partial charge in [-0.2, -0.15) is 5.10 Å². The first-order valence-electron chi connectivity index (χ1n) is 15.2. The Morgan fingerprint density at radius 1 is 1.09 bits per heavy atom. The molecule has 12 heteroatoms. The molecule has 5 heterocycles. The monoisotopic (exact) mass is 654 g/mol. The first-order valence-corrected chi connectivity index (χ1v) is 16.0. The van der Waals surface area contributed by atoms with Gasteiger partial charge in [0, 0.05) is 47.5 Å². The second-order valence-corrected chi connectivity index (χ2v) is 12.5. The van der Waals surface area contributed by atoms with Crippen molar-refractivity contribution in [3.05, 3.63) is 84.2 Å². The van der Waals surface area contributed by atoms with Crippen molar-refractivity contribution < 1.29 is 23.0 Å². The Hall–Kier alpha value is -4.94. The van der Waals surface area contributed by atoms with E-state index in [9.17, 15) is 9.18 Å². The number of carbonyl (C=O) groups excluding carboxylic acids is 1. The van der Waals surface area contributed by atoms with E-state index >= 15 is 4.39 Å². The highest BCUT2D eigenvalue weighted by Crippen LogP contribution is 2.47. The summed E-state index contributed by atoms with van der Waals surface area (Å²) in [6.07, 6.45) is 3.07. The number of imidazole rings is 1. The number of amides is 1. The minimum absolute atomic E-state index is 0.0358. The number of pyridine rings is 1. The number of rotatable bonds is 8. The van der Waals surface area contributed by atoms with Crippen molar-refractivity contribution in [3.8, 4) is 39.5 Å². The smallest absolute Gasteiger partial charge is 0.246 e. The molecule has 1 amide bonds. The minimum atomic E-state index is -0.786. The number of benzene rings is 2. The number of hydrogen-bond donors (Lipinski definition) is 0. The van der Waals surface area contributed by atoms with E-state index in [1.54, 1.807) is 11.2 Å². The number of nitrogens with zero attached hydrogens (tertiary/aromatic N) is 6. The number of hydrogen-bond acceptors (Lipinski definition) is 7. The van der Waals surface area contributed by atoms with Crippen LogP contribution in [-0.2, 0) is 23.1 Å². The molecule has 4 aromatic heterocycles. The molecule has 9 nitrogen and oxygen atoms in total. The van der Waals surface area contributed by atoms with Gasteiger partial charge in [0.15, 0.2) is 0 Å². The Labute approximate surface area is 273 Å². The predicted molar refractivity (Wildman–Crippen MR) is 178 cm³/mol. The van der Waals surface area contributed by atoms with Crippen molar-refractivity contribution in [1.29, 1.82) is 0 Å². The summed E-state index contributed by atoms with van der Waals surface area (Å²) in [5.41, 5.74) is 5.51. The normalized spacial score (nSPS) is 16.2. The summed E-state index contributed by atoms with van der Waals surface area (Å²) in [4.78, 5) is 24.3. The van der Waals surface area contributed by atoms with Crippen molar-refractivity contribution in [2.75, 3.05) is 20.3 Å². The molecule has 7 rings (SSSR count). The predicted octanol–water partition coefficient (Wildman–Crippen LogP) is 7.16. The molecule has 240 valence electrons. The van der Waals surface area contributed by atoms with Crippen LogP contribution in [-0.4, -0.2) is 61.5 Å². The average molecular weight is 655 g/mol. The standard InChI is InChI=1S/C35H32F2N6O3S/c1-6-30(44)42-17-23-16-27(40-43(23)20(3)19(42)2)34-32(31-25(37)14-22(36)15-29(31)46-11-10-45-5)35-24(9-12-47-35)33(39-34)21-7-8-28-26(13-21)38-18-41(28)4/h6-9,12-16,18-20H,1,10-11,17H2,2-5H3/t19-,20-/m0/s1. The van der Waals surface area contributed by atoms with E-state index in [-0.39, 0.29) is 42.5 Å². The van der Waals surface area contributed by atoms with Gasteiger partial charge in [0.05, 0.1) is 59.5 Å². The lowest BCUT2D eigenvalue weighted by atomic mass is 9.96. The molecule has 0 radical (unpaired) electrons. The molecule has 6 aromatic rings. The maximum absolute atomic E-state index is 16.1. The van der Waals surface area contributed by atoms with Crippen molar-refractivity contribution in [1.82, 2.24) is 29.2 Å². The zero-order valence-electron chi connectivity index (χ0n) is 26.3. The van der Waals surface area contributed by atoms with Crippen LogP contribution in [0.25, 0.3) is 54.9 Å². The highest BCUT2D eigenvalue weighted by Gasteiger charge is 2.34. The summed E-state index contributed by atoms with van der Waals surface area (Å²) in [6, 6.07) is 11.5. The molecular weight excluding hydrogens is 622 g/mol. The van der Waals surface area contributed by atoms with Gasteiger partial charge in [0.1, 0.15) is 35.4 Å². The Bertz CT molecular complexity index is 2190. The number of carbonyl (C=O) groups is 1. The Kier molecular flexibility index (Phi) is 7.85. The summed E-state index contributed by atoms with van der Waals surface area (Å²) < 4.78 is 46.4. The SMILES string of the molecule is C=CC(=O)N1Cc2cc(-c3nc(-c4ccc5c(c4)ncn5C)c4ccsc4c3-c3c(F)cc(F)cc3OCCOC)nn2[C@@H](C)[C@@H]1C. The minimum Gasteiger partial charge on any atom is -0.490 e. The van der Waals surface area contributed by atoms with Crippen molar-refractivity contribution >= 4 is 38.4 Å². The average Bonchev–Trinajstić information content (AvgIpc) is 3.81. The number of methoxy groups -OCH3 is 1. The number of ether oxygens (including phenoxy) is 2. The van der Waals surface area contributed by atoms with E-state index in [0.717, 1.165) is 38.4 Å². The molecule has 0 N–H and O–H groups in total. The molecule has 2 aromatic carbocycles. The molecule has 47 heavy (non-hydrogen) atoms. The zero-order chi connectivity index (χ0) is 33.0. The topological polar surface area (TPSA) is 87.3 Å². The zero-order valence-corrected chi connectivity index (χ0v) is 27.1. The molecule has 0 unspecified atom stereocenters. The summed E-state index contributed by atoms with van der Waals surface area (Å²) in [7, 11) is 3.47. The molecule has 2 atom stereocenters. The van der Waals surface area contributed by atoms with E-state index in [0.29, 0.717) is 29.2 Å². The highest BCUT2D eigenvalue weighted by molar-refractivity contribution is 7.18. The Balaban J connectivity index is 1.51.